The van der Waals surface area contributed by atoms with Crippen LogP contribution in [0.4, 0.5) is 0 Å². The highest BCUT2D eigenvalue weighted by Crippen LogP contribution is 2.11. The van der Waals surface area contributed by atoms with Crippen molar-refractivity contribution in [3.63, 3.8) is 0 Å². The van der Waals surface area contributed by atoms with Crippen molar-refractivity contribution in [2.75, 3.05) is 0 Å². The van der Waals surface area contributed by atoms with Crippen LogP contribution in [0.1, 0.15) is 11.1 Å². The molecule has 0 amide bonds. The summed E-state index contributed by atoms with van der Waals surface area (Å²) in [5, 5.41) is 3.67. The van der Waals surface area contributed by atoms with E-state index in [0.717, 1.165) is 11.1 Å². The van der Waals surface area contributed by atoms with E-state index in [1.165, 1.54) is 0 Å². The molecule has 0 saturated carbocycles. The molecule has 0 radical (unpaired) electrons. The normalized spacial score (nSPS) is 11.6. The Balaban J connectivity index is 2.42. The van der Waals surface area contributed by atoms with Crippen LogP contribution in [0.5, 0.6) is 0 Å². The molecule has 18 heavy (non-hydrogen) atoms. The van der Waals surface area contributed by atoms with Crippen LogP contribution in [0.3, 0.4) is 0 Å². The molecule has 92 valence electrons. The number of hydrogen-bond donors (Lipinski definition) is 0. The van der Waals surface area contributed by atoms with Gasteiger partial charge in [0.2, 0.25) is 0 Å². The molecule has 0 bridgehead atoms. The first-order chi connectivity index (χ1) is 8.77. The van der Waals surface area contributed by atoms with Gasteiger partial charge in [-0.1, -0.05) is 65.8 Å². The van der Waals surface area contributed by atoms with Gasteiger partial charge >= 0.3 is 0 Å². The fraction of sp³-hybridized carbons (Fsp3) is 0. The van der Waals surface area contributed by atoms with Gasteiger partial charge in [0.15, 0.2) is 11.4 Å². The maximum Gasteiger partial charge on any atom is 0.169 e. The Morgan fingerprint density at radius 1 is 0.944 bits per heavy atom. The molecule has 5 heteroatoms. The Hall–Kier alpha value is -1.98. The largest absolute Gasteiger partial charge is 0.738 e. The monoisotopic (exact) mass is 260 g/mol. The molecule has 0 aliphatic carbocycles. The molecule has 0 saturated heterocycles. The van der Waals surface area contributed by atoms with Crippen molar-refractivity contribution in [1.29, 1.82) is 0 Å². The zero-order valence-corrected chi connectivity index (χ0v) is 10.2. The van der Waals surface area contributed by atoms with Crippen LogP contribution in [0.25, 0.3) is 0 Å². The molecule has 0 N–H and O–H groups in total. The predicted molar refractivity (Wildman–Crippen MR) is 68.5 cm³/mol. The van der Waals surface area contributed by atoms with Crippen molar-refractivity contribution in [2.45, 2.75) is 0 Å². The zero-order valence-electron chi connectivity index (χ0n) is 9.35. The third-order valence-corrected chi connectivity index (χ3v) is 2.48. The maximum absolute atomic E-state index is 10.4. The molecule has 0 fully saturated rings. The van der Waals surface area contributed by atoms with Gasteiger partial charge in [0, 0.05) is 11.1 Å². The van der Waals surface area contributed by atoms with Crippen molar-refractivity contribution >= 4 is 17.1 Å². The molecule has 2 aromatic carbocycles. The van der Waals surface area contributed by atoms with Gasteiger partial charge in [-0.3, -0.25) is 0 Å². The van der Waals surface area contributed by atoms with E-state index in [4.69, 9.17) is 0 Å². The summed E-state index contributed by atoms with van der Waals surface area (Å²) in [6.45, 7) is 0. The Morgan fingerprint density at radius 3 is 1.78 bits per heavy atom. The summed E-state index contributed by atoms with van der Waals surface area (Å²) in [5.74, 6) is 0. The van der Waals surface area contributed by atoms with Crippen molar-refractivity contribution in [3.05, 3.63) is 71.8 Å². The van der Waals surface area contributed by atoms with Gasteiger partial charge in [-0.25, -0.2) is 4.21 Å². The van der Waals surface area contributed by atoms with E-state index in [-0.39, 0.29) is 0 Å². The molecule has 4 nitrogen and oxygen atoms in total. The molecule has 2 rings (SSSR count). The molecule has 1 atom stereocenters. The molecule has 0 spiro atoms. The lowest BCUT2D eigenvalue weighted by Gasteiger charge is -2.07. The Morgan fingerprint density at radius 2 is 1.39 bits per heavy atom. The Bertz CT molecular complexity index is 513. The van der Waals surface area contributed by atoms with Crippen molar-refractivity contribution in [2.24, 2.45) is 5.16 Å². The van der Waals surface area contributed by atoms with Crippen LogP contribution in [0.15, 0.2) is 65.8 Å². The number of nitrogens with zero attached hydrogens (tertiary/aromatic N) is 1. The van der Waals surface area contributed by atoms with Gasteiger partial charge in [-0.05, 0) is 0 Å². The minimum atomic E-state index is -2.67. The van der Waals surface area contributed by atoms with Crippen LogP contribution in [-0.2, 0) is 15.6 Å². The Kier molecular flexibility index (Phi) is 4.22. The Labute approximate surface area is 107 Å². The van der Waals surface area contributed by atoms with Gasteiger partial charge in [-0.15, -0.1) is 0 Å². The molecule has 2 aromatic rings. The van der Waals surface area contributed by atoms with Crippen molar-refractivity contribution in [1.82, 2.24) is 0 Å². The van der Waals surface area contributed by atoms with Crippen molar-refractivity contribution < 1.29 is 13.0 Å². The summed E-state index contributed by atoms with van der Waals surface area (Å²) in [7, 11) is 0. The van der Waals surface area contributed by atoms with Crippen LogP contribution >= 0.6 is 0 Å². The summed E-state index contributed by atoms with van der Waals surface area (Å²) in [6, 6.07) is 18.5. The fourth-order valence-electron chi connectivity index (χ4n) is 1.53. The van der Waals surface area contributed by atoms with E-state index in [9.17, 15) is 8.76 Å². The highest BCUT2D eigenvalue weighted by molar-refractivity contribution is 7.74. The quantitative estimate of drug-likeness (QED) is 0.481. The molecule has 0 aliphatic rings. The standard InChI is InChI=1S/C13H11NO3S/c15-18(16)17-14-13(11-7-3-1-4-8-11)12-9-5-2-6-10-12/h1-10H,(H,15,16)/p-1. The van der Waals surface area contributed by atoms with E-state index in [1.54, 1.807) is 0 Å². The second kappa shape index (κ2) is 6.09. The summed E-state index contributed by atoms with van der Waals surface area (Å²) in [4.78, 5) is 0. The number of rotatable bonds is 4. The average Bonchev–Trinajstić information content (AvgIpc) is 2.41. The number of oxime groups is 1. The maximum atomic E-state index is 10.4. The third-order valence-electron chi connectivity index (χ3n) is 2.28. The topological polar surface area (TPSA) is 61.7 Å². The van der Waals surface area contributed by atoms with Gasteiger partial charge in [-0.2, -0.15) is 0 Å². The molecular weight excluding hydrogens is 250 g/mol. The summed E-state index contributed by atoms with van der Waals surface area (Å²) >= 11 is -2.67. The molecular formula is C13H10NO3S-. The molecule has 0 aliphatic heterocycles. The smallest absolute Gasteiger partial charge is 0.169 e. The first kappa shape index (κ1) is 12.5. The summed E-state index contributed by atoms with van der Waals surface area (Å²) in [5.41, 5.74) is 2.05. The highest BCUT2D eigenvalue weighted by atomic mass is 32.2. The average molecular weight is 260 g/mol. The van der Waals surface area contributed by atoms with Gasteiger partial charge in [0.1, 0.15) is 5.71 Å². The van der Waals surface area contributed by atoms with Crippen LogP contribution in [0.2, 0.25) is 0 Å². The minimum Gasteiger partial charge on any atom is -0.738 e. The van der Waals surface area contributed by atoms with Crippen LogP contribution < -0.4 is 0 Å². The molecule has 0 heterocycles. The summed E-state index contributed by atoms with van der Waals surface area (Å²) < 4.78 is 25.2. The first-order valence-corrected chi connectivity index (χ1v) is 6.23. The highest BCUT2D eigenvalue weighted by Gasteiger charge is 2.06. The van der Waals surface area contributed by atoms with Gasteiger partial charge in [0.05, 0.1) is 0 Å². The SMILES string of the molecule is O=S([O-])ON=C(c1ccccc1)c1ccccc1. The first-order valence-electron chi connectivity index (χ1n) is 5.23. The number of benzene rings is 2. The van der Waals surface area contributed by atoms with Crippen LogP contribution in [-0.4, -0.2) is 14.5 Å². The van der Waals surface area contributed by atoms with E-state index in [0.29, 0.717) is 5.71 Å². The molecule has 0 aromatic heterocycles. The van der Waals surface area contributed by atoms with E-state index >= 15 is 0 Å². The van der Waals surface area contributed by atoms with Crippen molar-refractivity contribution in [3.8, 4) is 0 Å². The van der Waals surface area contributed by atoms with Crippen LogP contribution in [0, 0.1) is 0 Å². The third kappa shape index (κ3) is 3.26. The molecule has 1 unspecified atom stereocenters. The minimum absolute atomic E-state index is 0.473. The van der Waals surface area contributed by atoms with E-state index in [2.05, 4.69) is 9.44 Å². The van der Waals surface area contributed by atoms with Gasteiger partial charge < -0.3 is 8.84 Å². The van der Waals surface area contributed by atoms with E-state index < -0.39 is 11.4 Å². The second-order valence-electron chi connectivity index (χ2n) is 3.45. The predicted octanol–water partition coefficient (Wildman–Crippen LogP) is 2.25. The second-order valence-corrected chi connectivity index (χ2v) is 4.01. The van der Waals surface area contributed by atoms with E-state index in [1.807, 2.05) is 60.7 Å². The summed E-state index contributed by atoms with van der Waals surface area (Å²) in [6.07, 6.45) is 0. The zero-order chi connectivity index (χ0) is 12.8. The fourth-order valence-corrected chi connectivity index (χ4v) is 1.67. The van der Waals surface area contributed by atoms with Gasteiger partial charge in [0.25, 0.3) is 0 Å². The lowest BCUT2D eigenvalue weighted by atomic mass is 10.0. The number of hydrogen-bond acceptors (Lipinski definition) is 4. The lowest BCUT2D eigenvalue weighted by Crippen LogP contribution is -2.04. The lowest BCUT2D eigenvalue weighted by molar-refractivity contribution is 0.318.